The highest BCUT2D eigenvalue weighted by Crippen LogP contribution is 2.45. The zero-order chi connectivity index (χ0) is 26.0. The molecule has 35 heavy (non-hydrogen) atoms. The highest BCUT2D eigenvalue weighted by atomic mass is 35.5. The molecule has 0 unspecified atom stereocenters. The first kappa shape index (κ1) is 27.6. The fraction of sp³-hybridized carbons (Fsp3) is 0.304. The van der Waals surface area contributed by atoms with Crippen LogP contribution >= 0.6 is 58.0 Å². The number of carbonyl (C=O) groups excluding carboxylic acids is 4. The van der Waals surface area contributed by atoms with Crippen molar-refractivity contribution in [3.63, 3.8) is 0 Å². The van der Waals surface area contributed by atoms with E-state index in [0.717, 1.165) is 10.5 Å². The normalized spacial score (nSPS) is 13.6. The summed E-state index contributed by atoms with van der Waals surface area (Å²) in [7, 11) is 0. The third kappa shape index (κ3) is 5.54. The minimum Gasteiger partial charge on any atom is -0.454 e. The smallest absolute Gasteiger partial charge is 0.329 e. The van der Waals surface area contributed by atoms with Crippen molar-refractivity contribution in [3.8, 4) is 0 Å². The molecular weight excluding hydrogens is 562 g/mol. The van der Waals surface area contributed by atoms with Crippen molar-refractivity contribution in [3.05, 3.63) is 60.0 Å². The summed E-state index contributed by atoms with van der Waals surface area (Å²) < 4.78 is 5.16. The molecule has 0 aliphatic carbocycles. The Bertz CT molecular complexity index is 1190. The number of fused-ring (bicyclic) bond motifs is 1. The Morgan fingerprint density at radius 3 is 2.06 bits per heavy atom. The minimum absolute atomic E-state index is 0.104. The number of nitrogens with one attached hydrogen (secondary N) is 1. The predicted molar refractivity (Wildman–Crippen MR) is 136 cm³/mol. The lowest BCUT2D eigenvalue weighted by atomic mass is 10.1. The van der Waals surface area contributed by atoms with Crippen LogP contribution in [0.25, 0.3) is 0 Å². The number of unbranched alkanes of at least 4 members (excludes halogenated alkanes) is 1. The summed E-state index contributed by atoms with van der Waals surface area (Å²) in [4.78, 5) is 52.3. The number of benzene rings is 2. The average Bonchev–Trinajstić information content (AvgIpc) is 3.08. The van der Waals surface area contributed by atoms with Gasteiger partial charge in [-0.3, -0.25) is 19.3 Å². The number of aryl methyl sites for hydroxylation is 1. The van der Waals surface area contributed by atoms with Crippen molar-refractivity contribution in [1.29, 1.82) is 0 Å². The van der Waals surface area contributed by atoms with E-state index in [-0.39, 0.29) is 37.6 Å². The number of hydrogen-bond acceptors (Lipinski definition) is 5. The highest BCUT2D eigenvalue weighted by Gasteiger charge is 2.47. The van der Waals surface area contributed by atoms with Gasteiger partial charge in [0.25, 0.3) is 17.7 Å². The van der Waals surface area contributed by atoms with E-state index in [9.17, 15) is 19.2 Å². The van der Waals surface area contributed by atoms with Crippen molar-refractivity contribution in [2.24, 2.45) is 0 Å². The van der Waals surface area contributed by atoms with Gasteiger partial charge in [0.1, 0.15) is 6.04 Å². The number of ether oxygens (including phenoxy) is 1. The summed E-state index contributed by atoms with van der Waals surface area (Å²) in [5.74, 6) is -3.27. The lowest BCUT2D eigenvalue weighted by molar-refractivity contribution is -0.151. The molecule has 186 valence electrons. The Labute approximate surface area is 226 Å². The molecule has 1 aliphatic rings. The number of esters is 1. The van der Waals surface area contributed by atoms with Gasteiger partial charge in [-0.15, -0.1) is 0 Å². The summed E-state index contributed by atoms with van der Waals surface area (Å²) in [5.41, 5.74) is 0.778. The number of nitrogens with zero attached hydrogens (tertiary/aromatic N) is 1. The Balaban J connectivity index is 1.80. The van der Waals surface area contributed by atoms with Crippen molar-refractivity contribution < 1.29 is 23.9 Å². The predicted octanol–water partition coefficient (Wildman–Crippen LogP) is 6.60. The third-order valence-electron chi connectivity index (χ3n) is 5.35. The number of hydrogen-bond donors (Lipinski definition) is 1. The zero-order valence-corrected chi connectivity index (χ0v) is 22.3. The zero-order valence-electron chi connectivity index (χ0n) is 18.5. The van der Waals surface area contributed by atoms with E-state index in [4.69, 9.17) is 62.7 Å². The summed E-state index contributed by atoms with van der Waals surface area (Å²) in [6.45, 7) is 3.04. The number of rotatable bonds is 8. The largest absolute Gasteiger partial charge is 0.454 e. The summed E-state index contributed by atoms with van der Waals surface area (Å²) in [6, 6.07) is 3.62. The highest BCUT2D eigenvalue weighted by molar-refractivity contribution is 6.55. The molecule has 1 N–H and O–H groups in total. The lowest BCUT2D eigenvalue weighted by Gasteiger charge is -2.24. The number of carbonyl (C=O) groups is 4. The molecule has 0 bridgehead atoms. The molecule has 1 heterocycles. The van der Waals surface area contributed by atoms with Crippen LogP contribution in [0.5, 0.6) is 0 Å². The monoisotopic (exact) mass is 578 g/mol. The van der Waals surface area contributed by atoms with Crippen LogP contribution in [0.3, 0.4) is 0 Å². The van der Waals surface area contributed by atoms with Crippen molar-refractivity contribution >= 4 is 87.4 Å². The maximum atomic E-state index is 13.2. The van der Waals surface area contributed by atoms with Gasteiger partial charge in [0.05, 0.1) is 31.2 Å². The first-order chi connectivity index (χ1) is 16.5. The van der Waals surface area contributed by atoms with Crippen LogP contribution in [0.4, 0.5) is 5.69 Å². The van der Waals surface area contributed by atoms with Gasteiger partial charge in [-0.2, -0.15) is 0 Å². The van der Waals surface area contributed by atoms with E-state index in [1.807, 2.05) is 13.8 Å². The summed E-state index contributed by atoms with van der Waals surface area (Å²) in [6.07, 6.45) is 1.26. The van der Waals surface area contributed by atoms with Crippen molar-refractivity contribution in [2.45, 2.75) is 39.2 Å². The van der Waals surface area contributed by atoms with Gasteiger partial charge in [-0.25, -0.2) is 4.79 Å². The van der Waals surface area contributed by atoms with Crippen LogP contribution < -0.4 is 5.32 Å². The van der Waals surface area contributed by atoms with Crippen LogP contribution in [0.15, 0.2) is 18.2 Å². The van der Waals surface area contributed by atoms with Gasteiger partial charge in [-0.05, 0) is 31.0 Å². The topological polar surface area (TPSA) is 92.8 Å². The summed E-state index contributed by atoms with van der Waals surface area (Å²) >= 11 is 30.5. The Morgan fingerprint density at radius 2 is 1.54 bits per heavy atom. The molecule has 12 heteroatoms. The second-order valence-corrected chi connectivity index (χ2v) is 9.68. The molecule has 0 saturated heterocycles. The van der Waals surface area contributed by atoms with E-state index in [2.05, 4.69) is 5.32 Å². The SMILES string of the molecule is CCCC[C@H](C(=O)OCC(=O)Nc1ccc(C)c(Cl)c1)N1C(=O)c2c(Cl)c(Cl)c(Cl)c(Cl)c2C1=O. The van der Waals surface area contributed by atoms with Crippen molar-refractivity contribution in [1.82, 2.24) is 4.90 Å². The molecule has 0 saturated carbocycles. The quantitative estimate of drug-likeness (QED) is 0.164. The van der Waals surface area contributed by atoms with Gasteiger partial charge in [-0.1, -0.05) is 83.8 Å². The molecule has 3 rings (SSSR count). The molecule has 0 radical (unpaired) electrons. The van der Waals surface area contributed by atoms with Crippen LogP contribution in [0.2, 0.25) is 25.1 Å². The third-order valence-corrected chi connectivity index (χ3v) is 7.56. The first-order valence-corrected chi connectivity index (χ1v) is 12.3. The molecule has 2 aromatic carbocycles. The molecule has 3 amide bonds. The van der Waals surface area contributed by atoms with Gasteiger partial charge in [0, 0.05) is 10.7 Å². The molecule has 2 aromatic rings. The first-order valence-electron chi connectivity index (χ1n) is 10.5. The average molecular weight is 581 g/mol. The Hall–Kier alpha value is -2.03. The second-order valence-electron chi connectivity index (χ2n) is 7.76. The van der Waals surface area contributed by atoms with Crippen LogP contribution in [0, 0.1) is 6.92 Å². The van der Waals surface area contributed by atoms with E-state index >= 15 is 0 Å². The van der Waals surface area contributed by atoms with Crippen LogP contribution in [-0.2, 0) is 14.3 Å². The van der Waals surface area contributed by atoms with E-state index in [1.165, 1.54) is 0 Å². The van der Waals surface area contributed by atoms with E-state index in [0.29, 0.717) is 23.6 Å². The number of amides is 3. The Morgan fingerprint density at radius 1 is 0.971 bits per heavy atom. The maximum Gasteiger partial charge on any atom is 0.329 e. The van der Waals surface area contributed by atoms with Gasteiger partial charge in [0.2, 0.25) is 0 Å². The number of anilines is 1. The van der Waals surface area contributed by atoms with Gasteiger partial charge >= 0.3 is 5.97 Å². The molecule has 1 atom stereocenters. The molecule has 0 fully saturated rings. The van der Waals surface area contributed by atoms with Crippen molar-refractivity contribution in [2.75, 3.05) is 11.9 Å². The van der Waals surface area contributed by atoms with Crippen LogP contribution in [-0.4, -0.2) is 41.2 Å². The number of halogens is 5. The standard InChI is InChI=1S/C23H19Cl5N2O5/c1-3-4-5-13(23(34)35-9-14(31)29-11-7-6-10(2)12(24)8-11)30-21(32)15-16(22(30)33)18(26)20(28)19(27)17(15)25/h6-8,13H,3-5,9H2,1-2H3,(H,29,31)/t13-/m1/s1. The van der Waals surface area contributed by atoms with Gasteiger partial charge < -0.3 is 10.1 Å². The molecule has 7 nitrogen and oxygen atoms in total. The minimum atomic E-state index is -1.31. The number of imide groups is 1. The fourth-order valence-electron chi connectivity index (χ4n) is 3.50. The Kier molecular flexibility index (Phi) is 8.94. The van der Waals surface area contributed by atoms with Crippen LogP contribution in [0.1, 0.15) is 52.5 Å². The van der Waals surface area contributed by atoms with E-state index < -0.39 is 36.3 Å². The van der Waals surface area contributed by atoms with Gasteiger partial charge in [0.15, 0.2) is 6.61 Å². The second kappa shape index (κ2) is 11.4. The lowest BCUT2D eigenvalue weighted by Crippen LogP contribution is -2.46. The van der Waals surface area contributed by atoms with E-state index in [1.54, 1.807) is 18.2 Å². The maximum absolute atomic E-state index is 13.2. The molecule has 1 aliphatic heterocycles. The fourth-order valence-corrected chi connectivity index (χ4v) is 4.69. The molecule has 0 aromatic heterocycles. The summed E-state index contributed by atoms with van der Waals surface area (Å²) in [5, 5.41) is 2.18. The molecule has 0 spiro atoms. The molecular formula is C23H19Cl5N2O5.